The zero-order valence-corrected chi connectivity index (χ0v) is 7.58. The van der Waals surface area contributed by atoms with Gasteiger partial charge in [0.1, 0.15) is 11.1 Å². The van der Waals surface area contributed by atoms with Crippen LogP contribution in [0.2, 0.25) is 0 Å². The summed E-state index contributed by atoms with van der Waals surface area (Å²) in [5.74, 6) is -4.13. The smallest absolute Gasteiger partial charge is 0.339 e. The van der Waals surface area contributed by atoms with Crippen LogP contribution in [0.15, 0.2) is 12.1 Å². The number of carboxylic acids is 2. The topological polar surface area (TPSA) is 134 Å². The van der Waals surface area contributed by atoms with E-state index in [4.69, 9.17) is 20.7 Å². The number of benzene rings is 1. The monoisotopic (exact) mass is 230 g/mol. The fourth-order valence-corrected chi connectivity index (χ4v) is 1.05. The Hall–Kier alpha value is -2.32. The molecule has 0 bridgehead atoms. The third-order valence-electron chi connectivity index (χ3n) is 1.74. The summed E-state index contributed by atoms with van der Waals surface area (Å²) in [7, 11) is 0. The summed E-state index contributed by atoms with van der Waals surface area (Å²) in [6.07, 6.45) is 0. The minimum Gasteiger partial charge on any atom is -0.478 e. The molecule has 1 aromatic carbocycles. The predicted octanol–water partition coefficient (Wildman–Crippen LogP) is 0.787. The SMILES string of the molecule is O=C(O)c1cc(OO)c(C(=O)O)cc1OO. The highest BCUT2D eigenvalue weighted by atomic mass is 17.1. The van der Waals surface area contributed by atoms with Crippen LogP contribution in [-0.4, -0.2) is 32.7 Å². The highest BCUT2D eigenvalue weighted by Crippen LogP contribution is 2.28. The summed E-state index contributed by atoms with van der Waals surface area (Å²) in [5.41, 5.74) is -1.12. The second-order valence-corrected chi connectivity index (χ2v) is 2.64. The molecule has 4 N–H and O–H groups in total. The minimum atomic E-state index is -1.49. The number of aromatic carboxylic acids is 2. The average molecular weight is 230 g/mol. The third kappa shape index (κ3) is 2.02. The number of carbonyl (C=O) groups is 2. The second-order valence-electron chi connectivity index (χ2n) is 2.64. The molecule has 0 amide bonds. The summed E-state index contributed by atoms with van der Waals surface area (Å²) >= 11 is 0. The molecule has 1 aromatic rings. The van der Waals surface area contributed by atoms with Crippen LogP contribution in [0.1, 0.15) is 20.7 Å². The maximum atomic E-state index is 10.7. The molecule has 0 atom stereocenters. The van der Waals surface area contributed by atoms with E-state index >= 15 is 0 Å². The van der Waals surface area contributed by atoms with Gasteiger partial charge in [-0.25, -0.2) is 20.1 Å². The molecule has 0 heterocycles. The Morgan fingerprint density at radius 1 is 0.875 bits per heavy atom. The van der Waals surface area contributed by atoms with Crippen LogP contribution in [0, 0.1) is 0 Å². The molecule has 8 heteroatoms. The summed E-state index contributed by atoms with van der Waals surface area (Å²) < 4.78 is 0. The first-order valence-corrected chi connectivity index (χ1v) is 3.78. The van der Waals surface area contributed by atoms with E-state index in [0.29, 0.717) is 12.1 Å². The van der Waals surface area contributed by atoms with Gasteiger partial charge in [-0.3, -0.25) is 0 Å². The lowest BCUT2D eigenvalue weighted by Crippen LogP contribution is -2.06. The summed E-state index contributed by atoms with van der Waals surface area (Å²) in [5, 5.41) is 34.1. The standard InChI is InChI=1S/C8H6O8/c9-7(10)3-1-5(15-13)4(8(11)12)2-6(3)16-14/h1-2,13-14H,(H,9,10)(H,11,12). The fourth-order valence-electron chi connectivity index (χ4n) is 1.05. The van der Waals surface area contributed by atoms with Crippen LogP contribution in [-0.2, 0) is 0 Å². The highest BCUT2D eigenvalue weighted by Gasteiger charge is 2.21. The molecule has 0 unspecified atom stereocenters. The first-order chi connectivity index (χ1) is 7.51. The van der Waals surface area contributed by atoms with E-state index in [1.807, 2.05) is 0 Å². The number of rotatable bonds is 4. The molecule has 0 aliphatic carbocycles. The van der Waals surface area contributed by atoms with E-state index in [2.05, 4.69) is 9.78 Å². The molecule has 0 saturated heterocycles. The Kier molecular flexibility index (Phi) is 3.28. The molecule has 1 rings (SSSR count). The number of hydrogen-bond acceptors (Lipinski definition) is 6. The van der Waals surface area contributed by atoms with Gasteiger partial charge in [-0.15, -0.1) is 0 Å². The van der Waals surface area contributed by atoms with Crippen LogP contribution < -0.4 is 9.78 Å². The van der Waals surface area contributed by atoms with Crippen LogP contribution in [0.25, 0.3) is 0 Å². The number of hydrogen-bond donors (Lipinski definition) is 4. The summed E-state index contributed by atoms with van der Waals surface area (Å²) in [4.78, 5) is 28.7. The molecule has 16 heavy (non-hydrogen) atoms. The van der Waals surface area contributed by atoms with Crippen molar-refractivity contribution in [2.75, 3.05) is 0 Å². The Labute approximate surface area is 87.7 Å². The van der Waals surface area contributed by atoms with E-state index in [1.54, 1.807) is 0 Å². The largest absolute Gasteiger partial charge is 0.478 e. The van der Waals surface area contributed by atoms with Crippen molar-refractivity contribution in [2.45, 2.75) is 0 Å². The average Bonchev–Trinajstić information content (AvgIpc) is 2.26. The molecule has 0 aliphatic rings. The molecular formula is C8H6O8. The van der Waals surface area contributed by atoms with Crippen molar-refractivity contribution in [1.82, 2.24) is 0 Å². The Morgan fingerprint density at radius 3 is 1.38 bits per heavy atom. The van der Waals surface area contributed by atoms with Gasteiger partial charge < -0.3 is 20.0 Å². The van der Waals surface area contributed by atoms with E-state index in [1.165, 1.54) is 0 Å². The minimum absolute atomic E-state index is 0.559. The van der Waals surface area contributed by atoms with Crippen LogP contribution >= 0.6 is 0 Å². The molecule has 0 saturated carbocycles. The first kappa shape index (κ1) is 11.8. The lowest BCUT2D eigenvalue weighted by molar-refractivity contribution is -0.141. The van der Waals surface area contributed by atoms with Crippen LogP contribution in [0.5, 0.6) is 11.5 Å². The van der Waals surface area contributed by atoms with E-state index in [9.17, 15) is 9.59 Å². The van der Waals surface area contributed by atoms with Gasteiger partial charge in [0.15, 0.2) is 11.5 Å². The summed E-state index contributed by atoms with van der Waals surface area (Å²) in [6, 6.07) is 1.41. The molecular weight excluding hydrogens is 224 g/mol. The lowest BCUT2D eigenvalue weighted by Gasteiger charge is -2.07. The fraction of sp³-hybridized carbons (Fsp3) is 0. The highest BCUT2D eigenvalue weighted by molar-refractivity contribution is 5.97. The molecule has 0 spiro atoms. The van der Waals surface area contributed by atoms with Crippen molar-refractivity contribution in [2.24, 2.45) is 0 Å². The Bertz CT molecular complexity index is 396. The van der Waals surface area contributed by atoms with E-state index in [0.717, 1.165) is 0 Å². The van der Waals surface area contributed by atoms with Gasteiger partial charge in [0, 0.05) is 12.1 Å². The first-order valence-electron chi connectivity index (χ1n) is 3.78. The Morgan fingerprint density at radius 2 is 1.19 bits per heavy atom. The van der Waals surface area contributed by atoms with Crippen LogP contribution in [0.3, 0.4) is 0 Å². The van der Waals surface area contributed by atoms with Crippen molar-refractivity contribution in [3.8, 4) is 11.5 Å². The second kappa shape index (κ2) is 4.47. The van der Waals surface area contributed by atoms with Gasteiger partial charge in [-0.05, 0) is 0 Å². The van der Waals surface area contributed by atoms with Gasteiger partial charge in [0.2, 0.25) is 0 Å². The van der Waals surface area contributed by atoms with Crippen molar-refractivity contribution in [3.05, 3.63) is 23.3 Å². The normalized spacial score (nSPS) is 9.62. The van der Waals surface area contributed by atoms with E-state index in [-0.39, 0.29) is 0 Å². The van der Waals surface area contributed by atoms with Crippen molar-refractivity contribution in [3.63, 3.8) is 0 Å². The lowest BCUT2D eigenvalue weighted by atomic mass is 10.1. The molecule has 86 valence electrons. The number of carboxylic acid groups (broad SMARTS) is 2. The van der Waals surface area contributed by atoms with E-state index < -0.39 is 34.6 Å². The maximum absolute atomic E-state index is 10.7. The van der Waals surface area contributed by atoms with Gasteiger partial charge in [0.25, 0.3) is 0 Å². The zero-order chi connectivity index (χ0) is 12.3. The van der Waals surface area contributed by atoms with Crippen molar-refractivity contribution in [1.29, 1.82) is 0 Å². The quantitative estimate of drug-likeness (QED) is 0.440. The van der Waals surface area contributed by atoms with Gasteiger partial charge >= 0.3 is 11.9 Å². The predicted molar refractivity (Wildman–Crippen MR) is 46.9 cm³/mol. The molecule has 0 radical (unpaired) electrons. The van der Waals surface area contributed by atoms with Crippen molar-refractivity contribution >= 4 is 11.9 Å². The van der Waals surface area contributed by atoms with Gasteiger partial charge in [-0.1, -0.05) is 0 Å². The Balaban J connectivity index is 3.46. The zero-order valence-electron chi connectivity index (χ0n) is 7.58. The molecule has 0 fully saturated rings. The molecule has 0 aromatic heterocycles. The molecule has 0 aliphatic heterocycles. The summed E-state index contributed by atoms with van der Waals surface area (Å²) in [6.45, 7) is 0. The maximum Gasteiger partial charge on any atom is 0.339 e. The van der Waals surface area contributed by atoms with Crippen molar-refractivity contribution < 1.29 is 40.1 Å². The van der Waals surface area contributed by atoms with Gasteiger partial charge in [-0.2, -0.15) is 0 Å². The van der Waals surface area contributed by atoms with Gasteiger partial charge in [0.05, 0.1) is 0 Å². The third-order valence-corrected chi connectivity index (χ3v) is 1.74. The molecule has 8 nitrogen and oxygen atoms in total. The van der Waals surface area contributed by atoms with Crippen LogP contribution in [0.4, 0.5) is 0 Å².